The number of ketones is 1. The van der Waals surface area contributed by atoms with Crippen LogP contribution in [0.4, 0.5) is 0 Å². The molecule has 3 aliphatic rings. The first-order chi connectivity index (χ1) is 8.85. The van der Waals surface area contributed by atoms with Crippen LogP contribution in [0.25, 0.3) is 0 Å². The maximum Gasteiger partial charge on any atom is 0.339 e. The van der Waals surface area contributed by atoms with E-state index in [2.05, 4.69) is 0 Å². The number of rotatable bonds is 0. The second kappa shape index (κ2) is 3.67. The highest BCUT2D eigenvalue weighted by atomic mass is 16.5. The predicted molar refractivity (Wildman–Crippen MR) is 67.9 cm³/mol. The summed E-state index contributed by atoms with van der Waals surface area (Å²) < 4.78 is 5.15. The van der Waals surface area contributed by atoms with E-state index >= 15 is 0 Å². The van der Waals surface area contributed by atoms with E-state index in [0.717, 1.165) is 5.57 Å². The van der Waals surface area contributed by atoms with Gasteiger partial charge in [-0.15, -0.1) is 0 Å². The van der Waals surface area contributed by atoms with E-state index < -0.39 is 17.5 Å². The van der Waals surface area contributed by atoms with Crippen molar-refractivity contribution in [2.75, 3.05) is 0 Å². The largest absolute Gasteiger partial charge is 0.423 e. The first-order valence-electron chi connectivity index (χ1n) is 6.43. The van der Waals surface area contributed by atoms with Gasteiger partial charge < -0.3 is 9.84 Å². The highest BCUT2D eigenvalue weighted by Gasteiger charge is 2.51. The lowest BCUT2D eigenvalue weighted by Crippen LogP contribution is -2.46. The molecule has 0 amide bonds. The Morgan fingerprint density at radius 3 is 2.74 bits per heavy atom. The molecule has 0 aromatic carbocycles. The first-order valence-corrected chi connectivity index (χ1v) is 6.43. The van der Waals surface area contributed by atoms with E-state index in [9.17, 15) is 14.7 Å². The highest BCUT2D eigenvalue weighted by Crippen LogP contribution is 2.52. The Labute approximate surface area is 111 Å². The Morgan fingerprint density at radius 2 is 2.05 bits per heavy atom. The third kappa shape index (κ3) is 1.43. The quantitative estimate of drug-likeness (QED) is 0.673. The van der Waals surface area contributed by atoms with Crippen molar-refractivity contribution in [3.8, 4) is 0 Å². The lowest BCUT2D eigenvalue weighted by Gasteiger charge is -2.45. The molecule has 0 bridgehead atoms. The molecule has 100 valence electrons. The number of carbonyl (C=O) groups excluding carboxylic acids is 2. The summed E-state index contributed by atoms with van der Waals surface area (Å²) in [6, 6.07) is 0. The van der Waals surface area contributed by atoms with E-state index in [1.807, 2.05) is 13.8 Å². The van der Waals surface area contributed by atoms with Crippen molar-refractivity contribution in [2.24, 2.45) is 11.3 Å². The van der Waals surface area contributed by atoms with Crippen LogP contribution in [0.15, 0.2) is 34.6 Å². The molecule has 1 aliphatic heterocycles. The molecule has 3 rings (SSSR count). The normalized spacial score (nSPS) is 37.5. The van der Waals surface area contributed by atoms with Crippen molar-refractivity contribution in [2.45, 2.75) is 33.3 Å². The number of esters is 1. The minimum Gasteiger partial charge on any atom is -0.423 e. The van der Waals surface area contributed by atoms with Crippen molar-refractivity contribution < 1.29 is 19.4 Å². The third-order valence-corrected chi connectivity index (χ3v) is 4.78. The van der Waals surface area contributed by atoms with Gasteiger partial charge in [0.15, 0.2) is 5.78 Å². The number of aliphatic hydroxyl groups is 1. The maximum atomic E-state index is 11.7. The van der Waals surface area contributed by atoms with Crippen LogP contribution in [-0.2, 0) is 14.3 Å². The predicted octanol–water partition coefficient (Wildman–Crippen LogP) is 1.66. The van der Waals surface area contributed by atoms with E-state index in [-0.39, 0.29) is 11.7 Å². The fourth-order valence-electron chi connectivity index (χ4n) is 3.22. The summed E-state index contributed by atoms with van der Waals surface area (Å²) >= 11 is 0. The maximum absolute atomic E-state index is 11.7. The molecule has 3 atom stereocenters. The number of carbonyl (C=O) groups is 2. The molecular formula is C15H16O4. The van der Waals surface area contributed by atoms with Gasteiger partial charge in [0, 0.05) is 23.0 Å². The van der Waals surface area contributed by atoms with Crippen LogP contribution < -0.4 is 0 Å². The van der Waals surface area contributed by atoms with Crippen LogP contribution in [0, 0.1) is 11.3 Å². The lowest BCUT2D eigenvalue weighted by molar-refractivity contribution is -0.133. The minimum atomic E-state index is -0.812. The van der Waals surface area contributed by atoms with Gasteiger partial charge in [0.05, 0.1) is 6.10 Å². The first kappa shape index (κ1) is 12.4. The number of ether oxygens (including phenoxy) is 1. The fraction of sp³-hybridized carbons (Fsp3) is 0.467. The second-order valence-electron chi connectivity index (χ2n) is 5.79. The molecule has 2 aliphatic carbocycles. The smallest absolute Gasteiger partial charge is 0.339 e. The van der Waals surface area contributed by atoms with E-state index in [1.165, 1.54) is 0 Å². The minimum absolute atomic E-state index is 0.0174. The van der Waals surface area contributed by atoms with Crippen LogP contribution in [0.3, 0.4) is 0 Å². The number of allylic oxidation sites excluding steroid dienone is 2. The Bertz CT molecular complexity index is 593. The summed E-state index contributed by atoms with van der Waals surface area (Å²) in [5.74, 6) is 0.0454. The second-order valence-corrected chi connectivity index (χ2v) is 5.79. The molecule has 19 heavy (non-hydrogen) atoms. The van der Waals surface area contributed by atoms with Crippen LogP contribution in [-0.4, -0.2) is 23.0 Å². The van der Waals surface area contributed by atoms with Crippen molar-refractivity contribution in [1.82, 2.24) is 0 Å². The van der Waals surface area contributed by atoms with Gasteiger partial charge in [0.25, 0.3) is 0 Å². The van der Waals surface area contributed by atoms with Gasteiger partial charge >= 0.3 is 5.97 Å². The molecule has 1 heterocycles. The molecule has 0 saturated heterocycles. The summed E-state index contributed by atoms with van der Waals surface area (Å²) in [7, 11) is 0. The van der Waals surface area contributed by atoms with Crippen LogP contribution in [0.2, 0.25) is 0 Å². The number of hydrogen-bond acceptors (Lipinski definition) is 4. The van der Waals surface area contributed by atoms with Gasteiger partial charge in [-0.25, -0.2) is 4.79 Å². The summed E-state index contributed by atoms with van der Waals surface area (Å²) in [4.78, 5) is 23.3. The Hall–Kier alpha value is -1.68. The van der Waals surface area contributed by atoms with Gasteiger partial charge in [0.1, 0.15) is 5.76 Å². The summed E-state index contributed by atoms with van der Waals surface area (Å²) in [5.41, 5.74) is 1.25. The van der Waals surface area contributed by atoms with Crippen molar-refractivity contribution >= 4 is 11.8 Å². The Kier molecular flexibility index (Phi) is 2.39. The SMILES string of the molecule is CC1=C2C(=CC3=CC(=O)C[C@H](C)[C@@]3(C)[C@H]2O)OC1=O. The van der Waals surface area contributed by atoms with Gasteiger partial charge in [-0.2, -0.15) is 0 Å². The van der Waals surface area contributed by atoms with Crippen molar-refractivity contribution in [3.05, 3.63) is 34.6 Å². The molecule has 0 fully saturated rings. The molecule has 0 unspecified atom stereocenters. The zero-order chi connectivity index (χ0) is 13.9. The van der Waals surface area contributed by atoms with Crippen LogP contribution in [0.1, 0.15) is 27.2 Å². The third-order valence-electron chi connectivity index (χ3n) is 4.78. The van der Waals surface area contributed by atoms with E-state index in [4.69, 9.17) is 4.74 Å². The van der Waals surface area contributed by atoms with Gasteiger partial charge in [0.2, 0.25) is 0 Å². The summed E-state index contributed by atoms with van der Waals surface area (Å²) in [5, 5.41) is 10.7. The number of hydrogen-bond donors (Lipinski definition) is 1. The molecule has 0 radical (unpaired) electrons. The zero-order valence-corrected chi connectivity index (χ0v) is 11.2. The monoisotopic (exact) mass is 260 g/mol. The molecule has 1 N–H and O–H groups in total. The fourth-order valence-corrected chi connectivity index (χ4v) is 3.22. The van der Waals surface area contributed by atoms with E-state index in [1.54, 1.807) is 19.1 Å². The molecule has 0 saturated carbocycles. The average Bonchev–Trinajstić information content (AvgIpc) is 2.60. The van der Waals surface area contributed by atoms with Crippen molar-refractivity contribution in [3.63, 3.8) is 0 Å². The summed E-state index contributed by atoms with van der Waals surface area (Å²) in [6.07, 6.45) is 2.90. The van der Waals surface area contributed by atoms with Crippen molar-refractivity contribution in [1.29, 1.82) is 0 Å². The lowest BCUT2D eigenvalue weighted by atomic mass is 9.59. The molecule has 4 nitrogen and oxygen atoms in total. The van der Waals surface area contributed by atoms with Gasteiger partial charge in [-0.3, -0.25) is 4.79 Å². The number of fused-ring (bicyclic) bond motifs is 2. The standard InChI is InChI=1S/C15H16O4/c1-7-4-10(16)5-9-6-11-12(8(2)14(18)19-11)13(17)15(7,9)3/h5-7,13,17H,4H2,1-3H3/t7-,13-,15+/m0/s1. The van der Waals surface area contributed by atoms with Gasteiger partial charge in [-0.1, -0.05) is 13.8 Å². The average molecular weight is 260 g/mol. The molecule has 0 spiro atoms. The highest BCUT2D eigenvalue weighted by molar-refractivity contribution is 5.96. The summed E-state index contributed by atoms with van der Waals surface area (Å²) in [6.45, 7) is 5.57. The van der Waals surface area contributed by atoms with Crippen LogP contribution in [0.5, 0.6) is 0 Å². The zero-order valence-electron chi connectivity index (χ0n) is 11.2. The molecule has 0 aromatic rings. The van der Waals surface area contributed by atoms with Crippen LogP contribution >= 0.6 is 0 Å². The molecular weight excluding hydrogens is 244 g/mol. The molecule has 4 heteroatoms. The topological polar surface area (TPSA) is 63.6 Å². The van der Waals surface area contributed by atoms with Gasteiger partial charge in [-0.05, 0) is 30.6 Å². The Balaban J connectivity index is 2.25. The Morgan fingerprint density at radius 1 is 1.37 bits per heavy atom. The molecule has 0 aromatic heterocycles. The number of aliphatic hydroxyl groups excluding tert-OH is 1. The van der Waals surface area contributed by atoms with E-state index in [0.29, 0.717) is 23.3 Å².